The van der Waals surface area contributed by atoms with Crippen LogP contribution in [0.1, 0.15) is 38.7 Å². The minimum atomic E-state index is 0.518. The number of nitrogens with one attached hydrogen (secondary N) is 1. The Kier molecular flexibility index (Phi) is 5.94. The Hall–Kier alpha value is -1.02. The molecule has 0 unspecified atom stereocenters. The smallest absolute Gasteiger partial charge is 0.122 e. The van der Waals surface area contributed by atoms with Crippen LogP contribution in [0.5, 0.6) is 5.75 Å². The molecule has 0 bridgehead atoms. The van der Waals surface area contributed by atoms with E-state index in [4.69, 9.17) is 4.74 Å². The van der Waals surface area contributed by atoms with E-state index < -0.39 is 0 Å². The van der Waals surface area contributed by atoms with Crippen molar-refractivity contribution in [2.45, 2.75) is 33.1 Å². The zero-order valence-corrected chi connectivity index (χ0v) is 10.6. The fourth-order valence-corrected chi connectivity index (χ4v) is 1.65. The lowest BCUT2D eigenvalue weighted by Crippen LogP contribution is -2.16. The standard InChI is InChI=1S/C14H23NO/c1-4-15-10-7-11-16-14-9-6-5-8-13(14)12(2)3/h5-6,8-9,12,15H,4,7,10-11H2,1-3H3. The highest BCUT2D eigenvalue weighted by Crippen LogP contribution is 2.25. The van der Waals surface area contributed by atoms with Gasteiger partial charge in [0.05, 0.1) is 6.61 Å². The Morgan fingerprint density at radius 3 is 2.69 bits per heavy atom. The molecule has 0 aromatic heterocycles. The van der Waals surface area contributed by atoms with Gasteiger partial charge in [-0.3, -0.25) is 0 Å². The summed E-state index contributed by atoms with van der Waals surface area (Å²) in [6, 6.07) is 8.30. The summed E-state index contributed by atoms with van der Waals surface area (Å²) >= 11 is 0. The predicted octanol–water partition coefficient (Wildman–Crippen LogP) is 3.19. The molecule has 0 aliphatic rings. The van der Waals surface area contributed by atoms with Crippen molar-refractivity contribution in [3.05, 3.63) is 29.8 Å². The van der Waals surface area contributed by atoms with Crippen molar-refractivity contribution >= 4 is 0 Å². The van der Waals surface area contributed by atoms with Gasteiger partial charge in [0.25, 0.3) is 0 Å². The Labute approximate surface area is 99.0 Å². The topological polar surface area (TPSA) is 21.3 Å². The second-order valence-electron chi connectivity index (χ2n) is 4.25. The fourth-order valence-electron chi connectivity index (χ4n) is 1.65. The van der Waals surface area contributed by atoms with E-state index in [0.717, 1.165) is 31.9 Å². The van der Waals surface area contributed by atoms with Crippen LogP contribution in [0.4, 0.5) is 0 Å². The molecule has 0 fully saturated rings. The van der Waals surface area contributed by atoms with Crippen LogP contribution in [0.2, 0.25) is 0 Å². The highest BCUT2D eigenvalue weighted by atomic mass is 16.5. The van der Waals surface area contributed by atoms with Gasteiger partial charge >= 0.3 is 0 Å². The van der Waals surface area contributed by atoms with E-state index in [9.17, 15) is 0 Å². The van der Waals surface area contributed by atoms with Gasteiger partial charge in [-0.2, -0.15) is 0 Å². The van der Waals surface area contributed by atoms with Gasteiger partial charge in [-0.15, -0.1) is 0 Å². The molecule has 0 aliphatic carbocycles. The molecule has 16 heavy (non-hydrogen) atoms. The summed E-state index contributed by atoms with van der Waals surface area (Å²) in [4.78, 5) is 0. The second-order valence-corrected chi connectivity index (χ2v) is 4.25. The number of ether oxygens (including phenoxy) is 1. The Balaban J connectivity index is 2.41. The highest BCUT2D eigenvalue weighted by molar-refractivity contribution is 5.35. The van der Waals surface area contributed by atoms with E-state index in [1.54, 1.807) is 0 Å². The quantitative estimate of drug-likeness (QED) is 0.714. The summed E-state index contributed by atoms with van der Waals surface area (Å²) in [6.45, 7) is 9.36. The van der Waals surface area contributed by atoms with Crippen molar-refractivity contribution < 1.29 is 4.74 Å². The SMILES string of the molecule is CCNCCCOc1ccccc1C(C)C. The Morgan fingerprint density at radius 1 is 1.25 bits per heavy atom. The highest BCUT2D eigenvalue weighted by Gasteiger charge is 2.05. The second kappa shape index (κ2) is 7.29. The van der Waals surface area contributed by atoms with Crippen LogP contribution in [0.15, 0.2) is 24.3 Å². The molecule has 1 rings (SSSR count). The third-order valence-electron chi connectivity index (χ3n) is 2.55. The lowest BCUT2D eigenvalue weighted by Gasteiger charge is -2.13. The van der Waals surface area contributed by atoms with E-state index in [0.29, 0.717) is 5.92 Å². The molecular weight excluding hydrogens is 198 g/mol. The molecular formula is C14H23NO. The van der Waals surface area contributed by atoms with Crippen molar-refractivity contribution in [1.29, 1.82) is 0 Å². The maximum atomic E-state index is 5.81. The number of hydrogen-bond donors (Lipinski definition) is 1. The van der Waals surface area contributed by atoms with Crippen LogP contribution < -0.4 is 10.1 Å². The molecule has 0 saturated heterocycles. The predicted molar refractivity (Wildman–Crippen MR) is 69.2 cm³/mol. The van der Waals surface area contributed by atoms with Crippen LogP contribution in [0.25, 0.3) is 0 Å². The zero-order chi connectivity index (χ0) is 11.8. The number of para-hydroxylation sites is 1. The molecule has 2 heteroatoms. The fraction of sp³-hybridized carbons (Fsp3) is 0.571. The minimum absolute atomic E-state index is 0.518. The van der Waals surface area contributed by atoms with Gasteiger partial charge < -0.3 is 10.1 Å². The maximum Gasteiger partial charge on any atom is 0.122 e. The Morgan fingerprint density at radius 2 is 2.00 bits per heavy atom. The molecule has 1 aromatic carbocycles. The Bertz CT molecular complexity index is 297. The molecule has 0 radical (unpaired) electrons. The average molecular weight is 221 g/mol. The third-order valence-corrected chi connectivity index (χ3v) is 2.55. The molecule has 1 N–H and O–H groups in total. The van der Waals surface area contributed by atoms with Crippen LogP contribution in [-0.4, -0.2) is 19.7 Å². The zero-order valence-electron chi connectivity index (χ0n) is 10.6. The molecule has 0 amide bonds. The van der Waals surface area contributed by atoms with Gasteiger partial charge in [-0.1, -0.05) is 39.0 Å². The first-order valence-electron chi connectivity index (χ1n) is 6.18. The molecule has 0 aliphatic heterocycles. The molecule has 2 nitrogen and oxygen atoms in total. The van der Waals surface area contributed by atoms with Crippen LogP contribution >= 0.6 is 0 Å². The van der Waals surface area contributed by atoms with E-state index >= 15 is 0 Å². The van der Waals surface area contributed by atoms with Crippen molar-refractivity contribution in [2.24, 2.45) is 0 Å². The van der Waals surface area contributed by atoms with Gasteiger partial charge in [0.1, 0.15) is 5.75 Å². The molecule has 0 saturated carbocycles. The summed E-state index contributed by atoms with van der Waals surface area (Å²) < 4.78 is 5.81. The first-order chi connectivity index (χ1) is 7.75. The number of benzene rings is 1. The van der Waals surface area contributed by atoms with Gasteiger partial charge in [-0.25, -0.2) is 0 Å². The molecule has 0 heterocycles. The van der Waals surface area contributed by atoms with E-state index in [2.05, 4.69) is 44.3 Å². The van der Waals surface area contributed by atoms with Crippen LogP contribution in [0.3, 0.4) is 0 Å². The summed E-state index contributed by atoms with van der Waals surface area (Å²) in [7, 11) is 0. The number of rotatable bonds is 7. The van der Waals surface area contributed by atoms with Crippen molar-refractivity contribution in [3.8, 4) is 5.75 Å². The normalized spacial score (nSPS) is 10.8. The maximum absolute atomic E-state index is 5.81. The summed E-state index contributed by atoms with van der Waals surface area (Å²) in [5.41, 5.74) is 1.30. The lowest BCUT2D eigenvalue weighted by atomic mass is 10.0. The van der Waals surface area contributed by atoms with Crippen LogP contribution in [-0.2, 0) is 0 Å². The first-order valence-corrected chi connectivity index (χ1v) is 6.18. The largest absolute Gasteiger partial charge is 0.493 e. The van der Waals surface area contributed by atoms with Crippen molar-refractivity contribution in [1.82, 2.24) is 5.32 Å². The van der Waals surface area contributed by atoms with Gasteiger partial charge in [0.2, 0.25) is 0 Å². The van der Waals surface area contributed by atoms with Crippen LogP contribution in [0, 0.1) is 0 Å². The molecule has 0 atom stereocenters. The molecule has 1 aromatic rings. The molecule has 90 valence electrons. The average Bonchev–Trinajstić information content (AvgIpc) is 2.29. The summed E-state index contributed by atoms with van der Waals surface area (Å²) in [5.74, 6) is 1.55. The minimum Gasteiger partial charge on any atom is -0.493 e. The summed E-state index contributed by atoms with van der Waals surface area (Å²) in [6.07, 6.45) is 1.06. The lowest BCUT2D eigenvalue weighted by molar-refractivity contribution is 0.304. The van der Waals surface area contributed by atoms with Gasteiger partial charge in [0.15, 0.2) is 0 Å². The third kappa shape index (κ3) is 4.23. The van der Waals surface area contributed by atoms with Crippen molar-refractivity contribution in [2.75, 3.05) is 19.7 Å². The van der Waals surface area contributed by atoms with Gasteiger partial charge in [0, 0.05) is 0 Å². The molecule has 0 spiro atoms. The monoisotopic (exact) mass is 221 g/mol. The van der Waals surface area contributed by atoms with E-state index in [1.165, 1.54) is 5.56 Å². The van der Waals surface area contributed by atoms with E-state index in [1.807, 2.05) is 6.07 Å². The van der Waals surface area contributed by atoms with Gasteiger partial charge in [-0.05, 0) is 37.1 Å². The number of hydrogen-bond acceptors (Lipinski definition) is 2. The first kappa shape index (κ1) is 13.0. The van der Waals surface area contributed by atoms with E-state index in [-0.39, 0.29) is 0 Å². The van der Waals surface area contributed by atoms with Crippen molar-refractivity contribution in [3.63, 3.8) is 0 Å². The summed E-state index contributed by atoms with van der Waals surface area (Å²) in [5, 5.41) is 3.29.